The number of aryl methyl sites for hydroxylation is 1. The minimum Gasteiger partial charge on any atom is -0.367 e. The van der Waals surface area contributed by atoms with Crippen LogP contribution in [0, 0.1) is 12.8 Å². The Kier molecular flexibility index (Phi) is 6.75. The molecule has 3 heterocycles. The zero-order valence-corrected chi connectivity index (χ0v) is 21.5. The summed E-state index contributed by atoms with van der Waals surface area (Å²) in [7, 11) is 0. The molecule has 0 unspecified atom stereocenters. The number of benzene rings is 1. The third-order valence-electron chi connectivity index (χ3n) is 6.74. The molecule has 0 spiro atoms. The van der Waals surface area contributed by atoms with Crippen molar-refractivity contribution in [3.05, 3.63) is 80.6 Å². The first-order valence-electron chi connectivity index (χ1n) is 12.0. The lowest BCUT2D eigenvalue weighted by Crippen LogP contribution is -2.29. The Labute approximate surface area is 214 Å². The fraction of sp³-hybridized carbons (Fsp3) is 0.333. The van der Waals surface area contributed by atoms with Gasteiger partial charge in [0.05, 0.1) is 17.0 Å². The maximum atomic E-state index is 13.5. The first kappa shape index (κ1) is 23.8. The summed E-state index contributed by atoms with van der Waals surface area (Å²) in [6.07, 6.45) is 7.74. The zero-order chi connectivity index (χ0) is 24.5. The molecule has 1 saturated heterocycles. The molecule has 180 valence electrons. The van der Waals surface area contributed by atoms with Gasteiger partial charge in [0.2, 0.25) is 0 Å². The second-order valence-electron chi connectivity index (χ2n) is 9.46. The predicted molar refractivity (Wildman–Crippen MR) is 146 cm³/mol. The predicted octanol–water partition coefficient (Wildman–Crippen LogP) is 5.39. The Bertz CT molecular complexity index is 1370. The zero-order valence-electron chi connectivity index (χ0n) is 19.9. The molecule has 2 fully saturated rings. The number of anilines is 1. The highest BCUT2D eigenvalue weighted by molar-refractivity contribution is 8.26. The van der Waals surface area contributed by atoms with Gasteiger partial charge in [-0.25, -0.2) is 4.98 Å². The third-order valence-corrected chi connectivity index (χ3v) is 8.11. The van der Waals surface area contributed by atoms with Crippen LogP contribution in [0.25, 0.3) is 11.7 Å². The fourth-order valence-electron chi connectivity index (χ4n) is 4.58. The van der Waals surface area contributed by atoms with Crippen molar-refractivity contribution in [2.75, 3.05) is 5.32 Å². The number of rotatable bonds is 5. The summed E-state index contributed by atoms with van der Waals surface area (Å²) in [6, 6.07) is 13.8. The Balaban J connectivity index is 1.49. The number of carbonyl (C=O) groups is 1. The molecule has 2 aromatic heterocycles. The van der Waals surface area contributed by atoms with Gasteiger partial charge >= 0.3 is 0 Å². The molecular formula is C27H28N4O2S2. The van der Waals surface area contributed by atoms with Crippen molar-refractivity contribution < 1.29 is 4.79 Å². The number of nitrogens with zero attached hydrogens (tertiary/aromatic N) is 3. The van der Waals surface area contributed by atoms with Crippen LogP contribution in [-0.4, -0.2) is 30.6 Å². The van der Waals surface area contributed by atoms with Crippen LogP contribution in [0.15, 0.2) is 58.4 Å². The van der Waals surface area contributed by atoms with E-state index in [1.54, 1.807) is 23.2 Å². The lowest BCUT2D eigenvalue weighted by molar-refractivity contribution is -0.122. The second kappa shape index (κ2) is 9.95. The molecule has 3 aromatic rings. The maximum Gasteiger partial charge on any atom is 0.267 e. The molecule has 2 aliphatic rings. The van der Waals surface area contributed by atoms with E-state index >= 15 is 0 Å². The third kappa shape index (κ3) is 5.04. The van der Waals surface area contributed by atoms with Gasteiger partial charge in [-0.2, -0.15) is 0 Å². The molecule has 0 bridgehead atoms. The summed E-state index contributed by atoms with van der Waals surface area (Å²) in [5, 5.41) is 3.52. The van der Waals surface area contributed by atoms with E-state index in [-0.39, 0.29) is 17.5 Å². The van der Waals surface area contributed by atoms with Crippen molar-refractivity contribution in [2.24, 2.45) is 5.92 Å². The second-order valence-corrected chi connectivity index (χ2v) is 11.1. The molecule has 0 radical (unpaired) electrons. The highest BCUT2D eigenvalue weighted by atomic mass is 32.2. The van der Waals surface area contributed by atoms with Gasteiger partial charge in [-0.3, -0.25) is 18.9 Å². The van der Waals surface area contributed by atoms with Gasteiger partial charge in [0, 0.05) is 12.2 Å². The molecule has 1 aliphatic carbocycles. The average molecular weight is 505 g/mol. The van der Waals surface area contributed by atoms with Gasteiger partial charge in [0.1, 0.15) is 15.8 Å². The Morgan fingerprint density at radius 2 is 1.86 bits per heavy atom. The smallest absolute Gasteiger partial charge is 0.267 e. The van der Waals surface area contributed by atoms with Crippen molar-refractivity contribution in [2.45, 2.75) is 52.1 Å². The van der Waals surface area contributed by atoms with Crippen molar-refractivity contribution in [1.29, 1.82) is 0 Å². The summed E-state index contributed by atoms with van der Waals surface area (Å²) in [6.45, 7) is 4.71. The largest absolute Gasteiger partial charge is 0.367 e. The van der Waals surface area contributed by atoms with Crippen molar-refractivity contribution in [3.63, 3.8) is 0 Å². The number of fused-ring (bicyclic) bond motifs is 1. The van der Waals surface area contributed by atoms with Gasteiger partial charge in [-0.05, 0) is 62.3 Å². The SMILES string of the molecule is Cc1ccc(CN2C(=O)C(=Cc3c(NC4CCC(C)CC4)nc4ccccn4c3=O)SC2=S)cc1. The first-order chi connectivity index (χ1) is 16.9. The summed E-state index contributed by atoms with van der Waals surface area (Å²) in [4.78, 5) is 33.6. The number of hydrogen-bond acceptors (Lipinski definition) is 6. The molecule has 5 rings (SSSR count). The van der Waals surface area contributed by atoms with E-state index in [9.17, 15) is 9.59 Å². The van der Waals surface area contributed by atoms with E-state index in [0.29, 0.717) is 32.8 Å². The van der Waals surface area contributed by atoms with Crippen molar-refractivity contribution >= 4 is 51.7 Å². The number of thiocarbonyl (C=S) groups is 1. The van der Waals surface area contributed by atoms with E-state index < -0.39 is 0 Å². The Morgan fingerprint density at radius 3 is 2.60 bits per heavy atom. The van der Waals surface area contributed by atoms with Crippen LogP contribution in [0.3, 0.4) is 0 Å². The van der Waals surface area contributed by atoms with Crippen LogP contribution in [0.1, 0.15) is 49.3 Å². The van der Waals surface area contributed by atoms with Crippen molar-refractivity contribution in [1.82, 2.24) is 14.3 Å². The van der Waals surface area contributed by atoms with Crippen LogP contribution in [-0.2, 0) is 11.3 Å². The molecule has 1 saturated carbocycles. The number of hydrogen-bond donors (Lipinski definition) is 1. The van der Waals surface area contributed by atoms with E-state index in [1.807, 2.05) is 43.3 Å². The lowest BCUT2D eigenvalue weighted by Gasteiger charge is -2.27. The summed E-state index contributed by atoms with van der Waals surface area (Å²) in [5.41, 5.74) is 2.94. The molecule has 1 aromatic carbocycles. The van der Waals surface area contributed by atoms with E-state index in [1.165, 1.54) is 16.2 Å². The molecular weight excluding hydrogens is 476 g/mol. The molecule has 1 aliphatic heterocycles. The van der Waals surface area contributed by atoms with Gasteiger partial charge in [0.25, 0.3) is 11.5 Å². The lowest BCUT2D eigenvalue weighted by atomic mass is 9.87. The Morgan fingerprint density at radius 1 is 1.11 bits per heavy atom. The highest BCUT2D eigenvalue weighted by Gasteiger charge is 2.33. The van der Waals surface area contributed by atoms with Crippen LogP contribution in [0.5, 0.6) is 0 Å². The quantitative estimate of drug-likeness (QED) is 0.371. The molecule has 1 amide bonds. The molecule has 1 N–H and O–H groups in total. The Hall–Kier alpha value is -2.97. The minimum atomic E-state index is -0.203. The van der Waals surface area contributed by atoms with Gasteiger partial charge in [-0.1, -0.05) is 66.8 Å². The number of aromatic nitrogens is 2. The van der Waals surface area contributed by atoms with E-state index in [2.05, 4.69) is 12.2 Å². The monoisotopic (exact) mass is 504 g/mol. The number of thioether (sulfide) groups is 1. The van der Waals surface area contributed by atoms with E-state index in [4.69, 9.17) is 17.2 Å². The van der Waals surface area contributed by atoms with Gasteiger partial charge in [0.15, 0.2) is 0 Å². The number of amides is 1. The molecule has 35 heavy (non-hydrogen) atoms. The number of carbonyl (C=O) groups excluding carboxylic acids is 1. The molecule has 8 heteroatoms. The summed E-state index contributed by atoms with van der Waals surface area (Å²) < 4.78 is 2.01. The topological polar surface area (TPSA) is 66.7 Å². The highest BCUT2D eigenvalue weighted by Crippen LogP contribution is 2.34. The average Bonchev–Trinajstić information content (AvgIpc) is 3.11. The van der Waals surface area contributed by atoms with Crippen LogP contribution in [0.2, 0.25) is 0 Å². The number of nitrogens with one attached hydrogen (secondary N) is 1. The number of pyridine rings is 1. The van der Waals surface area contributed by atoms with E-state index in [0.717, 1.165) is 42.7 Å². The fourth-order valence-corrected chi connectivity index (χ4v) is 5.82. The van der Waals surface area contributed by atoms with Crippen LogP contribution in [0.4, 0.5) is 5.82 Å². The standard InChI is InChI=1S/C27H28N4O2S2/c1-17-6-10-19(11-7-17)16-31-26(33)22(35-27(31)34)15-21-24(28-20-12-8-18(2)9-13-20)29-23-5-3-4-14-30(23)25(21)32/h3-7,10-11,14-15,18,20,28H,8-9,12-13,16H2,1-2H3. The molecule has 0 atom stereocenters. The first-order valence-corrected chi connectivity index (χ1v) is 13.2. The van der Waals surface area contributed by atoms with Crippen LogP contribution >= 0.6 is 24.0 Å². The van der Waals surface area contributed by atoms with Crippen molar-refractivity contribution in [3.8, 4) is 0 Å². The summed E-state index contributed by atoms with van der Waals surface area (Å²) >= 11 is 6.77. The van der Waals surface area contributed by atoms with Crippen LogP contribution < -0.4 is 10.9 Å². The minimum absolute atomic E-state index is 0.185. The van der Waals surface area contributed by atoms with Gasteiger partial charge in [-0.15, -0.1) is 0 Å². The maximum absolute atomic E-state index is 13.5. The normalized spacial score (nSPS) is 21.8. The molecule has 6 nitrogen and oxygen atoms in total. The summed E-state index contributed by atoms with van der Waals surface area (Å²) in [5.74, 6) is 1.07. The van der Waals surface area contributed by atoms with Gasteiger partial charge < -0.3 is 5.32 Å².